The summed E-state index contributed by atoms with van der Waals surface area (Å²) in [5.41, 5.74) is 0.919. The second-order valence-electron chi connectivity index (χ2n) is 5.68. The Kier molecular flexibility index (Phi) is 4.52. The van der Waals surface area contributed by atoms with Crippen molar-refractivity contribution in [1.29, 1.82) is 0 Å². The molecule has 23 heavy (non-hydrogen) atoms. The lowest BCUT2D eigenvalue weighted by atomic mass is 9.79. The SMILES string of the molecule is CCC(C)(CNc1cc(Cl)ncn1)c1ccnc2c1OCCO2. The standard InChI is InChI=1S/C16H19ClN4O2/c1-3-16(2,9-19-13-8-12(17)20-10-21-13)11-4-5-18-15-14(11)22-6-7-23-15/h4-5,8,10H,3,6-7,9H2,1-2H3,(H,19,20,21). The highest BCUT2D eigenvalue weighted by atomic mass is 35.5. The van der Waals surface area contributed by atoms with E-state index in [9.17, 15) is 0 Å². The van der Waals surface area contributed by atoms with Crippen LogP contribution in [-0.2, 0) is 5.41 Å². The maximum Gasteiger partial charge on any atom is 0.257 e. The van der Waals surface area contributed by atoms with Gasteiger partial charge in [-0.25, -0.2) is 15.0 Å². The van der Waals surface area contributed by atoms with Crippen LogP contribution < -0.4 is 14.8 Å². The molecule has 0 aliphatic carbocycles. The van der Waals surface area contributed by atoms with Crippen LogP contribution in [0.15, 0.2) is 24.7 Å². The van der Waals surface area contributed by atoms with E-state index in [0.29, 0.717) is 36.6 Å². The highest BCUT2D eigenvalue weighted by Gasteiger charge is 2.31. The van der Waals surface area contributed by atoms with Gasteiger partial charge in [0.1, 0.15) is 30.5 Å². The monoisotopic (exact) mass is 334 g/mol. The normalized spacial score (nSPS) is 15.8. The Morgan fingerprint density at radius 3 is 2.87 bits per heavy atom. The molecule has 1 aliphatic heterocycles. The zero-order chi connectivity index (χ0) is 16.3. The van der Waals surface area contributed by atoms with Gasteiger partial charge in [0.25, 0.3) is 5.88 Å². The predicted octanol–water partition coefficient (Wildman–Crippen LogP) is 3.08. The van der Waals surface area contributed by atoms with Gasteiger partial charge in [-0.1, -0.05) is 25.4 Å². The van der Waals surface area contributed by atoms with Crippen molar-refractivity contribution in [2.75, 3.05) is 25.1 Å². The Bertz CT molecular complexity index is 698. The van der Waals surface area contributed by atoms with Crippen LogP contribution in [0, 0.1) is 0 Å². The molecule has 0 bridgehead atoms. The van der Waals surface area contributed by atoms with Gasteiger partial charge in [-0.3, -0.25) is 0 Å². The summed E-state index contributed by atoms with van der Waals surface area (Å²) in [6, 6.07) is 3.70. The number of pyridine rings is 1. The van der Waals surface area contributed by atoms with Crippen LogP contribution in [-0.4, -0.2) is 34.7 Å². The molecule has 0 aromatic carbocycles. The topological polar surface area (TPSA) is 69.2 Å². The molecule has 0 amide bonds. The summed E-state index contributed by atoms with van der Waals surface area (Å²) in [4.78, 5) is 12.3. The van der Waals surface area contributed by atoms with E-state index in [2.05, 4.69) is 34.1 Å². The highest BCUT2D eigenvalue weighted by molar-refractivity contribution is 6.29. The average Bonchev–Trinajstić information content (AvgIpc) is 2.59. The summed E-state index contributed by atoms with van der Waals surface area (Å²) >= 11 is 5.90. The van der Waals surface area contributed by atoms with E-state index in [1.807, 2.05) is 6.07 Å². The number of anilines is 1. The first-order chi connectivity index (χ1) is 11.1. The summed E-state index contributed by atoms with van der Waals surface area (Å²) in [6.07, 6.45) is 4.12. The number of aromatic nitrogens is 3. The molecular formula is C16H19ClN4O2. The molecule has 0 saturated carbocycles. The van der Waals surface area contributed by atoms with Crippen LogP contribution in [0.5, 0.6) is 11.6 Å². The molecular weight excluding hydrogens is 316 g/mol. The molecule has 1 unspecified atom stereocenters. The van der Waals surface area contributed by atoms with Crippen LogP contribution in [0.1, 0.15) is 25.8 Å². The lowest BCUT2D eigenvalue weighted by Gasteiger charge is -2.32. The number of nitrogens with one attached hydrogen (secondary N) is 1. The van der Waals surface area contributed by atoms with Crippen molar-refractivity contribution in [3.05, 3.63) is 35.4 Å². The van der Waals surface area contributed by atoms with Gasteiger partial charge in [0.15, 0.2) is 5.75 Å². The second kappa shape index (κ2) is 6.58. The third-order valence-corrected chi connectivity index (χ3v) is 4.37. The Labute approximate surface area is 140 Å². The van der Waals surface area contributed by atoms with Crippen molar-refractivity contribution in [1.82, 2.24) is 15.0 Å². The number of fused-ring (bicyclic) bond motifs is 1. The van der Waals surface area contributed by atoms with Crippen LogP contribution >= 0.6 is 11.6 Å². The van der Waals surface area contributed by atoms with Crippen molar-refractivity contribution >= 4 is 17.4 Å². The maximum absolute atomic E-state index is 5.90. The van der Waals surface area contributed by atoms with E-state index in [1.165, 1.54) is 6.33 Å². The second-order valence-corrected chi connectivity index (χ2v) is 6.07. The van der Waals surface area contributed by atoms with Gasteiger partial charge in [-0.2, -0.15) is 0 Å². The molecule has 0 saturated heterocycles. The molecule has 3 rings (SSSR count). The Morgan fingerprint density at radius 1 is 1.26 bits per heavy atom. The van der Waals surface area contributed by atoms with Crippen LogP contribution in [0.2, 0.25) is 5.15 Å². The third kappa shape index (κ3) is 3.32. The highest BCUT2D eigenvalue weighted by Crippen LogP contribution is 2.40. The summed E-state index contributed by atoms with van der Waals surface area (Å²) in [5.74, 6) is 2.01. The average molecular weight is 335 g/mol. The minimum absolute atomic E-state index is 0.162. The van der Waals surface area contributed by atoms with Crippen molar-refractivity contribution in [3.63, 3.8) is 0 Å². The van der Waals surface area contributed by atoms with Gasteiger partial charge < -0.3 is 14.8 Å². The first kappa shape index (κ1) is 15.8. The van der Waals surface area contributed by atoms with E-state index in [-0.39, 0.29) is 5.41 Å². The molecule has 0 radical (unpaired) electrons. The van der Waals surface area contributed by atoms with Crippen molar-refractivity contribution in [2.24, 2.45) is 0 Å². The molecule has 7 heteroatoms. The molecule has 122 valence electrons. The number of halogens is 1. The van der Waals surface area contributed by atoms with Crippen LogP contribution in [0.3, 0.4) is 0 Å². The summed E-state index contributed by atoms with van der Waals surface area (Å²) in [7, 11) is 0. The summed E-state index contributed by atoms with van der Waals surface area (Å²) in [5, 5.41) is 3.75. The molecule has 1 aliphatic rings. The van der Waals surface area contributed by atoms with Gasteiger partial charge in [-0.05, 0) is 12.5 Å². The van der Waals surface area contributed by atoms with Gasteiger partial charge in [0.05, 0.1) is 0 Å². The molecule has 2 aromatic rings. The first-order valence-corrected chi connectivity index (χ1v) is 7.97. The van der Waals surface area contributed by atoms with Crippen LogP contribution in [0.4, 0.5) is 5.82 Å². The molecule has 0 spiro atoms. The molecule has 6 nitrogen and oxygen atoms in total. The van der Waals surface area contributed by atoms with E-state index in [0.717, 1.165) is 17.7 Å². The van der Waals surface area contributed by atoms with Gasteiger partial charge in [-0.15, -0.1) is 0 Å². The minimum Gasteiger partial charge on any atom is -0.484 e. The minimum atomic E-state index is -0.162. The Hall–Kier alpha value is -2.08. The Morgan fingerprint density at radius 2 is 2.09 bits per heavy atom. The quantitative estimate of drug-likeness (QED) is 0.847. The first-order valence-electron chi connectivity index (χ1n) is 7.59. The van der Waals surface area contributed by atoms with E-state index < -0.39 is 0 Å². The van der Waals surface area contributed by atoms with E-state index in [4.69, 9.17) is 21.1 Å². The Balaban J connectivity index is 1.86. The van der Waals surface area contributed by atoms with Gasteiger partial charge in [0, 0.05) is 29.8 Å². The van der Waals surface area contributed by atoms with E-state index >= 15 is 0 Å². The predicted molar refractivity (Wildman–Crippen MR) is 88.4 cm³/mol. The van der Waals surface area contributed by atoms with Crippen molar-refractivity contribution in [3.8, 4) is 11.6 Å². The smallest absolute Gasteiger partial charge is 0.257 e. The van der Waals surface area contributed by atoms with Crippen molar-refractivity contribution in [2.45, 2.75) is 25.7 Å². The fourth-order valence-electron chi connectivity index (χ4n) is 2.56. The number of nitrogens with zero attached hydrogens (tertiary/aromatic N) is 3. The van der Waals surface area contributed by atoms with Crippen molar-refractivity contribution < 1.29 is 9.47 Å². The van der Waals surface area contributed by atoms with Crippen LogP contribution in [0.25, 0.3) is 0 Å². The summed E-state index contributed by atoms with van der Waals surface area (Å²) in [6.45, 7) is 6.07. The third-order valence-electron chi connectivity index (χ3n) is 4.16. The zero-order valence-corrected chi connectivity index (χ0v) is 13.9. The zero-order valence-electron chi connectivity index (χ0n) is 13.2. The summed E-state index contributed by atoms with van der Waals surface area (Å²) < 4.78 is 11.4. The fraction of sp³-hybridized carbons (Fsp3) is 0.438. The van der Waals surface area contributed by atoms with Gasteiger partial charge in [0.2, 0.25) is 0 Å². The fourth-order valence-corrected chi connectivity index (χ4v) is 2.70. The molecule has 2 aromatic heterocycles. The van der Waals surface area contributed by atoms with E-state index in [1.54, 1.807) is 12.3 Å². The van der Waals surface area contributed by atoms with Gasteiger partial charge >= 0.3 is 0 Å². The maximum atomic E-state index is 5.90. The molecule has 0 fully saturated rings. The number of hydrogen-bond acceptors (Lipinski definition) is 6. The molecule has 1 atom stereocenters. The molecule has 1 N–H and O–H groups in total. The lowest BCUT2D eigenvalue weighted by molar-refractivity contribution is 0.160. The largest absolute Gasteiger partial charge is 0.484 e. The number of hydrogen-bond donors (Lipinski definition) is 1. The number of rotatable bonds is 5. The lowest BCUT2D eigenvalue weighted by Crippen LogP contribution is -2.32. The molecule has 3 heterocycles. The number of ether oxygens (including phenoxy) is 2.